The predicted molar refractivity (Wildman–Crippen MR) is 70.1 cm³/mol. The number of nitrogens with zero attached hydrogens (tertiary/aromatic N) is 1. The van der Waals surface area contributed by atoms with Crippen LogP contribution in [-0.4, -0.2) is 31.6 Å². The number of piperidine rings is 1. The minimum atomic E-state index is -0.349. The maximum atomic E-state index is 13.6. The van der Waals surface area contributed by atoms with Gasteiger partial charge in [-0.05, 0) is 44.5 Å². The fraction of sp³-hybridized carbons (Fsp3) is 0.538. The third-order valence-electron chi connectivity index (χ3n) is 3.25. The molecule has 1 fully saturated rings. The quantitative estimate of drug-likeness (QED) is 0.893. The SMILES string of the molecule is CN1CCCC(CNc2cccc(Cl)c2F)C1. The van der Waals surface area contributed by atoms with Crippen molar-refractivity contribution in [1.29, 1.82) is 0 Å². The molecular formula is C13H18ClFN2. The van der Waals surface area contributed by atoms with Gasteiger partial charge < -0.3 is 10.2 Å². The Kier molecular flexibility index (Phi) is 4.24. The van der Waals surface area contributed by atoms with E-state index in [-0.39, 0.29) is 10.8 Å². The van der Waals surface area contributed by atoms with E-state index in [0.29, 0.717) is 11.6 Å². The smallest absolute Gasteiger partial charge is 0.164 e. The highest BCUT2D eigenvalue weighted by molar-refractivity contribution is 6.31. The molecule has 0 aromatic heterocycles. The molecule has 0 amide bonds. The zero-order valence-electron chi connectivity index (χ0n) is 10.0. The Bertz CT molecular complexity index is 384. The molecule has 0 bridgehead atoms. The second kappa shape index (κ2) is 5.69. The Morgan fingerprint density at radius 1 is 1.53 bits per heavy atom. The van der Waals surface area contributed by atoms with Crippen LogP contribution in [0.2, 0.25) is 5.02 Å². The van der Waals surface area contributed by atoms with E-state index in [9.17, 15) is 4.39 Å². The summed E-state index contributed by atoms with van der Waals surface area (Å²) in [6.07, 6.45) is 2.43. The molecule has 0 radical (unpaired) electrons. The molecule has 1 aromatic rings. The second-order valence-electron chi connectivity index (χ2n) is 4.75. The van der Waals surface area contributed by atoms with E-state index >= 15 is 0 Å². The molecule has 1 aliphatic rings. The zero-order valence-corrected chi connectivity index (χ0v) is 10.8. The summed E-state index contributed by atoms with van der Waals surface area (Å²) in [5.41, 5.74) is 0.505. The number of rotatable bonds is 3. The van der Waals surface area contributed by atoms with E-state index < -0.39 is 0 Å². The average molecular weight is 257 g/mol. The molecule has 1 saturated heterocycles. The molecule has 1 N–H and O–H groups in total. The molecule has 1 aromatic carbocycles. The molecule has 4 heteroatoms. The third-order valence-corrected chi connectivity index (χ3v) is 3.55. The van der Waals surface area contributed by atoms with Gasteiger partial charge in [0, 0.05) is 13.1 Å². The van der Waals surface area contributed by atoms with Gasteiger partial charge in [-0.1, -0.05) is 17.7 Å². The normalized spacial score (nSPS) is 21.5. The Hall–Kier alpha value is -0.800. The van der Waals surface area contributed by atoms with Crippen molar-refractivity contribution in [2.75, 3.05) is 32.0 Å². The van der Waals surface area contributed by atoms with Crippen LogP contribution in [0.25, 0.3) is 0 Å². The number of anilines is 1. The van der Waals surface area contributed by atoms with Crippen LogP contribution in [0.1, 0.15) is 12.8 Å². The van der Waals surface area contributed by atoms with Crippen LogP contribution in [0.5, 0.6) is 0 Å². The molecule has 1 heterocycles. The maximum Gasteiger partial charge on any atom is 0.164 e. The van der Waals surface area contributed by atoms with Crippen LogP contribution < -0.4 is 5.32 Å². The number of hydrogen-bond acceptors (Lipinski definition) is 2. The molecular weight excluding hydrogens is 239 g/mol. The van der Waals surface area contributed by atoms with E-state index in [4.69, 9.17) is 11.6 Å². The monoisotopic (exact) mass is 256 g/mol. The van der Waals surface area contributed by atoms with Crippen molar-refractivity contribution in [3.8, 4) is 0 Å². The minimum absolute atomic E-state index is 0.177. The Balaban J connectivity index is 1.91. The van der Waals surface area contributed by atoms with Crippen LogP contribution in [0.15, 0.2) is 18.2 Å². The highest BCUT2D eigenvalue weighted by atomic mass is 35.5. The van der Waals surface area contributed by atoms with Crippen molar-refractivity contribution in [3.63, 3.8) is 0 Å². The van der Waals surface area contributed by atoms with Gasteiger partial charge in [-0.25, -0.2) is 4.39 Å². The summed E-state index contributed by atoms with van der Waals surface area (Å²) in [5, 5.41) is 3.33. The van der Waals surface area contributed by atoms with Crippen LogP contribution in [0.4, 0.5) is 10.1 Å². The van der Waals surface area contributed by atoms with Crippen LogP contribution in [0, 0.1) is 11.7 Å². The zero-order chi connectivity index (χ0) is 12.3. The van der Waals surface area contributed by atoms with Gasteiger partial charge in [0.15, 0.2) is 5.82 Å². The van der Waals surface area contributed by atoms with Gasteiger partial charge in [0.05, 0.1) is 10.7 Å². The Morgan fingerprint density at radius 2 is 2.35 bits per heavy atom. The summed E-state index contributed by atoms with van der Waals surface area (Å²) in [7, 11) is 2.13. The number of nitrogens with one attached hydrogen (secondary N) is 1. The fourth-order valence-electron chi connectivity index (χ4n) is 2.33. The largest absolute Gasteiger partial charge is 0.382 e. The highest BCUT2D eigenvalue weighted by Crippen LogP contribution is 2.23. The lowest BCUT2D eigenvalue weighted by Crippen LogP contribution is -2.35. The summed E-state index contributed by atoms with van der Waals surface area (Å²) in [6, 6.07) is 5.06. The summed E-state index contributed by atoms with van der Waals surface area (Å²) < 4.78 is 13.6. The number of likely N-dealkylation sites (tertiary alicyclic amines) is 1. The average Bonchev–Trinajstić information content (AvgIpc) is 2.31. The van der Waals surface area contributed by atoms with Crippen molar-refractivity contribution >= 4 is 17.3 Å². The van der Waals surface area contributed by atoms with Crippen LogP contribution in [-0.2, 0) is 0 Å². The molecule has 1 atom stereocenters. The highest BCUT2D eigenvalue weighted by Gasteiger charge is 2.17. The summed E-state index contributed by atoms with van der Waals surface area (Å²) in [6.45, 7) is 3.05. The van der Waals surface area contributed by atoms with Crippen molar-refractivity contribution in [3.05, 3.63) is 29.0 Å². The van der Waals surface area contributed by atoms with Crippen LogP contribution in [0.3, 0.4) is 0 Å². The van der Waals surface area contributed by atoms with Gasteiger partial charge >= 0.3 is 0 Å². The Labute approximate surface area is 107 Å². The number of halogens is 2. The first-order chi connectivity index (χ1) is 8.16. The van der Waals surface area contributed by atoms with Crippen molar-refractivity contribution in [2.45, 2.75) is 12.8 Å². The molecule has 2 rings (SSSR count). The first-order valence-corrected chi connectivity index (χ1v) is 6.41. The minimum Gasteiger partial charge on any atom is -0.382 e. The van der Waals surface area contributed by atoms with Gasteiger partial charge in [0.1, 0.15) is 0 Å². The standard InChI is InChI=1S/C13H18ClFN2/c1-17-7-3-4-10(9-17)8-16-12-6-2-5-11(14)13(12)15/h2,5-6,10,16H,3-4,7-9H2,1H3. The van der Waals surface area contributed by atoms with Gasteiger partial charge in [0.2, 0.25) is 0 Å². The number of benzene rings is 1. The first-order valence-electron chi connectivity index (χ1n) is 6.03. The fourth-order valence-corrected chi connectivity index (χ4v) is 2.51. The molecule has 1 aliphatic heterocycles. The van der Waals surface area contributed by atoms with Gasteiger partial charge in [-0.2, -0.15) is 0 Å². The third kappa shape index (κ3) is 3.33. The molecule has 0 aliphatic carbocycles. The Morgan fingerprint density at radius 3 is 3.12 bits per heavy atom. The predicted octanol–water partition coefficient (Wildman–Crippen LogP) is 3.23. The lowest BCUT2D eigenvalue weighted by atomic mass is 9.98. The summed E-state index contributed by atoms with van der Waals surface area (Å²) >= 11 is 5.74. The maximum absolute atomic E-state index is 13.6. The van der Waals surface area contributed by atoms with Crippen molar-refractivity contribution in [2.24, 2.45) is 5.92 Å². The molecule has 17 heavy (non-hydrogen) atoms. The van der Waals surface area contributed by atoms with Crippen molar-refractivity contribution < 1.29 is 4.39 Å². The molecule has 0 spiro atoms. The molecule has 1 unspecified atom stereocenters. The summed E-state index contributed by atoms with van der Waals surface area (Å²) in [4.78, 5) is 2.32. The van der Waals surface area contributed by atoms with E-state index in [1.165, 1.54) is 19.4 Å². The van der Waals surface area contributed by atoms with Crippen molar-refractivity contribution in [1.82, 2.24) is 4.90 Å². The van der Waals surface area contributed by atoms with E-state index in [0.717, 1.165) is 13.1 Å². The van der Waals surface area contributed by atoms with E-state index in [2.05, 4.69) is 17.3 Å². The molecule has 2 nitrogen and oxygen atoms in total. The molecule has 0 saturated carbocycles. The van der Waals surface area contributed by atoms with Crippen LogP contribution >= 0.6 is 11.6 Å². The van der Waals surface area contributed by atoms with E-state index in [1.54, 1.807) is 18.2 Å². The second-order valence-corrected chi connectivity index (χ2v) is 5.16. The lowest BCUT2D eigenvalue weighted by molar-refractivity contribution is 0.217. The van der Waals surface area contributed by atoms with Gasteiger partial charge in [-0.15, -0.1) is 0 Å². The first kappa shape index (κ1) is 12.7. The lowest BCUT2D eigenvalue weighted by Gasteiger charge is -2.30. The van der Waals surface area contributed by atoms with Gasteiger partial charge in [0.25, 0.3) is 0 Å². The van der Waals surface area contributed by atoms with E-state index in [1.807, 2.05) is 0 Å². The topological polar surface area (TPSA) is 15.3 Å². The summed E-state index contributed by atoms with van der Waals surface area (Å²) in [5.74, 6) is 0.241. The van der Waals surface area contributed by atoms with Gasteiger partial charge in [-0.3, -0.25) is 0 Å². The number of hydrogen-bond donors (Lipinski definition) is 1. The molecule has 94 valence electrons.